The molecule has 0 aliphatic heterocycles. The Morgan fingerprint density at radius 2 is 1.88 bits per heavy atom. The van der Waals surface area contributed by atoms with Crippen molar-refractivity contribution in [3.8, 4) is 11.6 Å². The quantitative estimate of drug-likeness (QED) is 0.362. The van der Waals surface area contributed by atoms with Crippen molar-refractivity contribution in [2.75, 3.05) is 0 Å². The number of fused-ring (bicyclic) bond motifs is 1. The molecule has 0 aliphatic rings. The van der Waals surface area contributed by atoms with Gasteiger partial charge in [0, 0.05) is 22.2 Å². The summed E-state index contributed by atoms with van der Waals surface area (Å²) in [5.74, 6) is 2.38. The first-order valence-corrected chi connectivity index (χ1v) is 10.2. The van der Waals surface area contributed by atoms with Crippen LogP contribution in [0.1, 0.15) is 18.1 Å². The van der Waals surface area contributed by atoms with Crippen molar-refractivity contribution < 1.29 is 4.42 Å². The van der Waals surface area contributed by atoms with Gasteiger partial charge >= 0.3 is 0 Å². The summed E-state index contributed by atoms with van der Waals surface area (Å²) in [7, 11) is 0. The molecule has 0 amide bonds. The molecule has 0 radical (unpaired) electrons. The van der Waals surface area contributed by atoms with Crippen molar-refractivity contribution in [3.63, 3.8) is 0 Å². The second kappa shape index (κ2) is 7.29. The van der Waals surface area contributed by atoms with Gasteiger partial charge in [-0.1, -0.05) is 57.5 Å². The molecule has 0 bridgehead atoms. The predicted molar refractivity (Wildman–Crippen MR) is 109 cm³/mol. The van der Waals surface area contributed by atoms with Gasteiger partial charge in [-0.25, -0.2) is 0 Å². The summed E-state index contributed by atoms with van der Waals surface area (Å²) >= 11 is 5.19. The van der Waals surface area contributed by atoms with Crippen molar-refractivity contribution in [1.29, 1.82) is 0 Å². The van der Waals surface area contributed by atoms with Gasteiger partial charge in [0.1, 0.15) is 5.58 Å². The lowest BCUT2D eigenvalue weighted by Crippen LogP contribution is -1.99. The van der Waals surface area contributed by atoms with E-state index in [-0.39, 0.29) is 0 Å². The minimum absolute atomic E-state index is 0.745. The van der Waals surface area contributed by atoms with E-state index in [0.29, 0.717) is 0 Å². The summed E-state index contributed by atoms with van der Waals surface area (Å²) in [5.41, 5.74) is 3.40. The molecule has 4 aromatic rings. The maximum atomic E-state index is 5.99. The molecular weight excluding hydrogens is 410 g/mol. The fraction of sp³-hybridized carbons (Fsp3) is 0.200. The molecule has 0 aliphatic carbocycles. The van der Waals surface area contributed by atoms with Gasteiger partial charge in [-0.2, -0.15) is 0 Å². The number of halogens is 1. The van der Waals surface area contributed by atoms with E-state index in [9.17, 15) is 0 Å². The summed E-state index contributed by atoms with van der Waals surface area (Å²) in [5, 5.41) is 10.7. The molecule has 0 atom stereocenters. The Bertz CT molecular complexity index is 1050. The fourth-order valence-electron chi connectivity index (χ4n) is 2.82. The van der Waals surface area contributed by atoms with E-state index in [0.717, 1.165) is 44.5 Å². The zero-order valence-corrected chi connectivity index (χ0v) is 17.0. The zero-order valence-electron chi connectivity index (χ0n) is 14.6. The van der Waals surface area contributed by atoms with E-state index in [1.54, 1.807) is 11.8 Å². The van der Waals surface area contributed by atoms with Crippen LogP contribution in [0.25, 0.3) is 22.6 Å². The number of rotatable bonds is 5. The molecule has 26 heavy (non-hydrogen) atoms. The molecule has 132 valence electrons. The highest BCUT2D eigenvalue weighted by Crippen LogP contribution is 2.31. The third-order valence-electron chi connectivity index (χ3n) is 4.22. The van der Waals surface area contributed by atoms with Crippen LogP contribution in [-0.4, -0.2) is 14.8 Å². The largest absolute Gasteiger partial charge is 0.453 e. The molecule has 0 saturated carbocycles. The van der Waals surface area contributed by atoms with Crippen LogP contribution in [0.4, 0.5) is 0 Å². The van der Waals surface area contributed by atoms with E-state index in [2.05, 4.69) is 68.8 Å². The Morgan fingerprint density at radius 1 is 1.08 bits per heavy atom. The van der Waals surface area contributed by atoms with E-state index < -0.39 is 0 Å². The van der Waals surface area contributed by atoms with Crippen LogP contribution in [0.5, 0.6) is 0 Å². The number of hydrogen-bond donors (Lipinski definition) is 0. The van der Waals surface area contributed by atoms with Gasteiger partial charge < -0.3 is 4.42 Å². The minimum atomic E-state index is 0.745. The molecule has 2 heterocycles. The number of aromatic nitrogens is 3. The van der Waals surface area contributed by atoms with Crippen LogP contribution < -0.4 is 0 Å². The molecule has 0 saturated heterocycles. The fourth-order valence-corrected chi connectivity index (χ4v) is 4.16. The molecule has 0 N–H and O–H groups in total. The minimum Gasteiger partial charge on any atom is -0.453 e. The molecule has 4 rings (SSSR count). The molecule has 4 nitrogen and oxygen atoms in total. The Hall–Kier alpha value is -2.05. The average molecular weight is 428 g/mol. The Morgan fingerprint density at radius 3 is 2.65 bits per heavy atom. The third-order valence-corrected chi connectivity index (χ3v) is 5.75. The number of benzene rings is 2. The van der Waals surface area contributed by atoms with Gasteiger partial charge in [0.05, 0.1) is 0 Å². The lowest BCUT2D eigenvalue weighted by atomic mass is 10.2. The second-order valence-electron chi connectivity index (χ2n) is 6.12. The van der Waals surface area contributed by atoms with E-state index in [1.807, 2.05) is 24.3 Å². The average Bonchev–Trinajstić information content (AvgIpc) is 3.23. The highest BCUT2D eigenvalue weighted by atomic mass is 79.9. The van der Waals surface area contributed by atoms with Gasteiger partial charge in [0.15, 0.2) is 10.9 Å². The Labute approximate surface area is 164 Å². The van der Waals surface area contributed by atoms with E-state index >= 15 is 0 Å². The summed E-state index contributed by atoms with van der Waals surface area (Å²) in [6, 6.07) is 16.6. The number of furan rings is 1. The van der Waals surface area contributed by atoms with Crippen LogP contribution in [0, 0.1) is 6.92 Å². The maximum Gasteiger partial charge on any atom is 0.200 e. The Kier molecular flexibility index (Phi) is 4.87. The number of aryl methyl sites for hydroxylation is 1. The van der Waals surface area contributed by atoms with Crippen LogP contribution in [0.2, 0.25) is 0 Å². The standard InChI is InChI=1S/C20H18BrN3OS/c1-3-24-19(18-11-15-10-16(21)8-9-17(15)25-18)22-23-20(24)26-12-14-6-4-13(2)5-7-14/h4-11H,3,12H2,1-2H3. The molecule has 0 spiro atoms. The summed E-state index contributed by atoms with van der Waals surface area (Å²) in [6.07, 6.45) is 0. The predicted octanol–water partition coefficient (Wildman–Crippen LogP) is 6.07. The first-order chi connectivity index (χ1) is 12.6. The first kappa shape index (κ1) is 17.4. The van der Waals surface area contributed by atoms with Gasteiger partial charge in [0.25, 0.3) is 0 Å². The van der Waals surface area contributed by atoms with Crippen molar-refractivity contribution >= 4 is 38.7 Å². The van der Waals surface area contributed by atoms with Gasteiger partial charge in [-0.15, -0.1) is 10.2 Å². The van der Waals surface area contributed by atoms with Gasteiger partial charge in [-0.3, -0.25) is 4.57 Å². The smallest absolute Gasteiger partial charge is 0.200 e. The highest BCUT2D eigenvalue weighted by molar-refractivity contribution is 9.10. The van der Waals surface area contributed by atoms with Crippen LogP contribution >= 0.6 is 27.7 Å². The maximum absolute atomic E-state index is 5.99. The molecule has 0 unspecified atom stereocenters. The number of thioether (sulfide) groups is 1. The van der Waals surface area contributed by atoms with Crippen LogP contribution in [-0.2, 0) is 12.3 Å². The van der Waals surface area contributed by atoms with Crippen molar-refractivity contribution in [3.05, 3.63) is 64.1 Å². The molecule has 2 aromatic heterocycles. The Balaban J connectivity index is 1.62. The third kappa shape index (κ3) is 3.44. The lowest BCUT2D eigenvalue weighted by Gasteiger charge is -2.06. The van der Waals surface area contributed by atoms with E-state index in [1.165, 1.54) is 11.1 Å². The van der Waals surface area contributed by atoms with Crippen LogP contribution in [0.3, 0.4) is 0 Å². The van der Waals surface area contributed by atoms with Crippen molar-refractivity contribution in [1.82, 2.24) is 14.8 Å². The zero-order chi connectivity index (χ0) is 18.1. The molecule has 2 aromatic carbocycles. The van der Waals surface area contributed by atoms with Gasteiger partial charge in [-0.05, 0) is 43.7 Å². The summed E-state index contributed by atoms with van der Waals surface area (Å²) in [6.45, 7) is 4.99. The number of hydrogen-bond acceptors (Lipinski definition) is 4. The molecule has 0 fully saturated rings. The van der Waals surface area contributed by atoms with E-state index in [4.69, 9.17) is 4.42 Å². The van der Waals surface area contributed by atoms with Gasteiger partial charge in [0.2, 0.25) is 5.82 Å². The van der Waals surface area contributed by atoms with Crippen molar-refractivity contribution in [2.24, 2.45) is 0 Å². The SMILES string of the molecule is CCn1c(SCc2ccc(C)cc2)nnc1-c1cc2cc(Br)ccc2o1. The summed E-state index contributed by atoms with van der Waals surface area (Å²) < 4.78 is 9.12. The second-order valence-corrected chi connectivity index (χ2v) is 7.98. The number of nitrogens with zero attached hydrogens (tertiary/aromatic N) is 3. The van der Waals surface area contributed by atoms with Crippen LogP contribution in [0.15, 0.2) is 62.6 Å². The first-order valence-electron chi connectivity index (χ1n) is 8.45. The topological polar surface area (TPSA) is 43.9 Å². The summed E-state index contributed by atoms with van der Waals surface area (Å²) in [4.78, 5) is 0. The lowest BCUT2D eigenvalue weighted by molar-refractivity contribution is 0.607. The molecule has 6 heteroatoms. The monoisotopic (exact) mass is 427 g/mol. The highest BCUT2D eigenvalue weighted by Gasteiger charge is 2.17. The molecular formula is C20H18BrN3OS. The normalized spacial score (nSPS) is 11.3. The van der Waals surface area contributed by atoms with Crippen molar-refractivity contribution in [2.45, 2.75) is 31.3 Å².